The summed E-state index contributed by atoms with van der Waals surface area (Å²) in [6.45, 7) is 3.84. The summed E-state index contributed by atoms with van der Waals surface area (Å²) >= 11 is 0. The van der Waals surface area contributed by atoms with Gasteiger partial charge < -0.3 is 10.2 Å². The second-order valence-electron chi connectivity index (χ2n) is 5.36. The van der Waals surface area contributed by atoms with Crippen molar-refractivity contribution < 1.29 is 9.59 Å². The summed E-state index contributed by atoms with van der Waals surface area (Å²) in [5.74, 6) is 0.0615. The molecule has 2 aliphatic rings. The summed E-state index contributed by atoms with van der Waals surface area (Å²) in [4.78, 5) is 24.9. The predicted octanol–water partition coefficient (Wildman–Crippen LogP) is 0.915. The molecule has 1 saturated carbocycles. The molecule has 2 rings (SSSR count). The van der Waals surface area contributed by atoms with E-state index in [4.69, 9.17) is 0 Å². The molecular weight excluding hydrogens is 204 g/mol. The normalized spacial score (nSPS) is 25.4. The Kier molecular flexibility index (Phi) is 3.17. The first-order valence-electron chi connectivity index (χ1n) is 6.14. The van der Waals surface area contributed by atoms with E-state index in [1.807, 2.05) is 4.90 Å². The monoisotopic (exact) mass is 224 g/mol. The second-order valence-corrected chi connectivity index (χ2v) is 5.36. The van der Waals surface area contributed by atoms with Gasteiger partial charge in [-0.05, 0) is 18.3 Å². The van der Waals surface area contributed by atoms with Gasteiger partial charge in [-0.3, -0.25) is 9.59 Å². The molecule has 1 heterocycles. The Labute approximate surface area is 96.4 Å². The van der Waals surface area contributed by atoms with E-state index in [2.05, 4.69) is 12.2 Å². The molecule has 1 aliphatic heterocycles. The number of carbonyl (C=O) groups excluding carboxylic acids is 2. The Bertz CT molecular complexity index is 295. The lowest BCUT2D eigenvalue weighted by Crippen LogP contribution is -2.41. The predicted molar refractivity (Wildman–Crippen MR) is 60.8 cm³/mol. The van der Waals surface area contributed by atoms with E-state index in [-0.39, 0.29) is 23.8 Å². The van der Waals surface area contributed by atoms with Crippen molar-refractivity contribution >= 4 is 11.8 Å². The van der Waals surface area contributed by atoms with Crippen molar-refractivity contribution in [1.29, 1.82) is 0 Å². The molecule has 0 radical (unpaired) electrons. The minimum atomic E-state index is -0.00701. The average molecular weight is 224 g/mol. The van der Waals surface area contributed by atoms with Gasteiger partial charge in [-0.1, -0.05) is 19.8 Å². The molecule has 1 aliphatic carbocycles. The maximum atomic E-state index is 11.8. The Morgan fingerprint density at radius 1 is 1.31 bits per heavy atom. The maximum Gasteiger partial charge on any atom is 0.241 e. The molecule has 0 bridgehead atoms. The molecule has 0 aromatic heterocycles. The third kappa shape index (κ3) is 2.54. The van der Waals surface area contributed by atoms with Crippen LogP contribution in [0, 0.1) is 5.41 Å². The quantitative estimate of drug-likeness (QED) is 0.758. The zero-order valence-electron chi connectivity index (χ0n) is 9.92. The highest BCUT2D eigenvalue weighted by atomic mass is 16.2. The van der Waals surface area contributed by atoms with E-state index < -0.39 is 0 Å². The van der Waals surface area contributed by atoms with Crippen LogP contribution in [-0.4, -0.2) is 36.3 Å². The Morgan fingerprint density at radius 3 is 2.69 bits per heavy atom. The number of nitrogens with one attached hydrogen (secondary N) is 1. The number of hydrogen-bond donors (Lipinski definition) is 1. The van der Waals surface area contributed by atoms with E-state index >= 15 is 0 Å². The van der Waals surface area contributed by atoms with Crippen LogP contribution < -0.4 is 5.32 Å². The zero-order chi connectivity index (χ0) is 11.6. The molecular formula is C12H20N2O2. The SMILES string of the molecule is CC1(CN2CCC(=O)NCC2=O)CCCC1. The third-order valence-electron chi connectivity index (χ3n) is 3.78. The van der Waals surface area contributed by atoms with Crippen LogP contribution in [0.4, 0.5) is 0 Å². The lowest BCUT2D eigenvalue weighted by atomic mass is 9.88. The van der Waals surface area contributed by atoms with Gasteiger partial charge in [-0.15, -0.1) is 0 Å². The van der Waals surface area contributed by atoms with Crippen LogP contribution in [0.15, 0.2) is 0 Å². The molecule has 16 heavy (non-hydrogen) atoms. The van der Waals surface area contributed by atoms with Gasteiger partial charge in [0, 0.05) is 19.5 Å². The van der Waals surface area contributed by atoms with Crippen molar-refractivity contribution in [2.45, 2.75) is 39.0 Å². The molecule has 0 atom stereocenters. The molecule has 2 fully saturated rings. The van der Waals surface area contributed by atoms with Gasteiger partial charge in [0.25, 0.3) is 0 Å². The Balaban J connectivity index is 1.97. The fourth-order valence-corrected chi connectivity index (χ4v) is 2.75. The minimum absolute atomic E-state index is 0.00701. The second kappa shape index (κ2) is 4.44. The zero-order valence-corrected chi connectivity index (χ0v) is 9.92. The first-order chi connectivity index (χ1) is 7.59. The molecule has 0 unspecified atom stereocenters. The fourth-order valence-electron chi connectivity index (χ4n) is 2.75. The van der Waals surface area contributed by atoms with Gasteiger partial charge in [-0.25, -0.2) is 0 Å². The largest absolute Gasteiger partial charge is 0.347 e. The van der Waals surface area contributed by atoms with Crippen LogP contribution in [0.3, 0.4) is 0 Å². The summed E-state index contributed by atoms with van der Waals surface area (Å²) in [6, 6.07) is 0. The van der Waals surface area contributed by atoms with Crippen molar-refractivity contribution in [2.75, 3.05) is 19.6 Å². The first-order valence-corrected chi connectivity index (χ1v) is 6.14. The number of amides is 2. The topological polar surface area (TPSA) is 49.4 Å². The molecule has 90 valence electrons. The van der Waals surface area contributed by atoms with E-state index in [0.717, 1.165) is 6.54 Å². The van der Waals surface area contributed by atoms with Gasteiger partial charge in [0.1, 0.15) is 0 Å². The molecule has 0 aromatic rings. The van der Waals surface area contributed by atoms with Crippen molar-refractivity contribution in [3.8, 4) is 0 Å². The van der Waals surface area contributed by atoms with Crippen molar-refractivity contribution in [1.82, 2.24) is 10.2 Å². The summed E-state index contributed by atoms with van der Waals surface area (Å²) in [6.07, 6.45) is 5.41. The van der Waals surface area contributed by atoms with Crippen molar-refractivity contribution in [3.05, 3.63) is 0 Å². The van der Waals surface area contributed by atoms with Crippen LogP contribution in [0.5, 0.6) is 0 Å². The van der Waals surface area contributed by atoms with E-state index in [1.165, 1.54) is 25.7 Å². The van der Waals surface area contributed by atoms with Crippen LogP contribution in [0.25, 0.3) is 0 Å². The van der Waals surface area contributed by atoms with E-state index in [9.17, 15) is 9.59 Å². The molecule has 2 amide bonds. The summed E-state index contributed by atoms with van der Waals surface area (Å²) in [5, 5.41) is 2.63. The highest BCUT2D eigenvalue weighted by Gasteiger charge is 2.33. The summed E-state index contributed by atoms with van der Waals surface area (Å²) < 4.78 is 0. The lowest BCUT2D eigenvalue weighted by molar-refractivity contribution is -0.131. The van der Waals surface area contributed by atoms with Crippen molar-refractivity contribution in [3.63, 3.8) is 0 Å². The summed E-state index contributed by atoms with van der Waals surface area (Å²) in [5.41, 5.74) is 0.281. The van der Waals surface area contributed by atoms with Crippen LogP contribution >= 0.6 is 0 Å². The number of rotatable bonds is 2. The average Bonchev–Trinajstić information content (AvgIpc) is 2.61. The lowest BCUT2D eigenvalue weighted by Gasteiger charge is -2.31. The highest BCUT2D eigenvalue weighted by Crippen LogP contribution is 2.38. The Morgan fingerprint density at radius 2 is 2.00 bits per heavy atom. The van der Waals surface area contributed by atoms with Crippen LogP contribution in [0.1, 0.15) is 39.0 Å². The fraction of sp³-hybridized carbons (Fsp3) is 0.833. The highest BCUT2D eigenvalue weighted by molar-refractivity contribution is 5.87. The molecule has 0 aromatic carbocycles. The molecule has 4 nitrogen and oxygen atoms in total. The van der Waals surface area contributed by atoms with Crippen molar-refractivity contribution in [2.24, 2.45) is 5.41 Å². The first kappa shape index (κ1) is 11.4. The van der Waals surface area contributed by atoms with Gasteiger partial charge in [0.15, 0.2) is 0 Å². The van der Waals surface area contributed by atoms with Gasteiger partial charge >= 0.3 is 0 Å². The minimum Gasteiger partial charge on any atom is -0.347 e. The molecule has 0 spiro atoms. The standard InChI is InChI=1S/C12H20N2O2/c1-12(5-2-3-6-12)9-14-7-4-10(15)13-8-11(14)16/h2-9H2,1H3,(H,13,15). The van der Waals surface area contributed by atoms with E-state index in [1.54, 1.807) is 0 Å². The van der Waals surface area contributed by atoms with Gasteiger partial charge in [0.2, 0.25) is 11.8 Å². The number of carbonyl (C=O) groups is 2. The van der Waals surface area contributed by atoms with Crippen LogP contribution in [0.2, 0.25) is 0 Å². The number of hydrogen-bond acceptors (Lipinski definition) is 2. The smallest absolute Gasteiger partial charge is 0.241 e. The van der Waals surface area contributed by atoms with Gasteiger partial charge in [0.05, 0.1) is 6.54 Å². The van der Waals surface area contributed by atoms with Gasteiger partial charge in [-0.2, -0.15) is 0 Å². The number of nitrogens with zero attached hydrogens (tertiary/aromatic N) is 1. The molecule has 1 saturated heterocycles. The van der Waals surface area contributed by atoms with Crippen LogP contribution in [-0.2, 0) is 9.59 Å². The molecule has 1 N–H and O–H groups in total. The Hall–Kier alpha value is -1.06. The maximum absolute atomic E-state index is 11.8. The molecule has 4 heteroatoms. The summed E-state index contributed by atoms with van der Waals surface area (Å²) in [7, 11) is 0. The third-order valence-corrected chi connectivity index (χ3v) is 3.78. The van der Waals surface area contributed by atoms with E-state index in [0.29, 0.717) is 13.0 Å².